The number of benzene rings is 2. The summed E-state index contributed by atoms with van der Waals surface area (Å²) in [6, 6.07) is 12.9. The second kappa shape index (κ2) is 8.54. The van der Waals surface area contributed by atoms with E-state index in [1.54, 1.807) is 18.2 Å². The largest absolute Gasteiger partial charge is 0.486 e. The zero-order valence-electron chi connectivity index (χ0n) is 16.7. The van der Waals surface area contributed by atoms with Gasteiger partial charge in [0.05, 0.1) is 17.1 Å². The average Bonchev–Trinajstić information content (AvgIpc) is 3.12. The van der Waals surface area contributed by atoms with Crippen molar-refractivity contribution in [3.8, 4) is 22.8 Å². The highest BCUT2D eigenvalue weighted by molar-refractivity contribution is 7.12. The molecule has 1 aliphatic rings. The van der Waals surface area contributed by atoms with Crippen LogP contribution in [0.4, 0.5) is 0 Å². The molecule has 0 atom stereocenters. The number of rotatable bonds is 4. The van der Waals surface area contributed by atoms with Crippen LogP contribution < -0.4 is 20.3 Å². The molecule has 0 bridgehead atoms. The van der Waals surface area contributed by atoms with Crippen LogP contribution >= 0.6 is 11.3 Å². The Morgan fingerprint density at radius 2 is 1.73 bits per heavy atom. The lowest BCUT2D eigenvalue weighted by molar-refractivity contribution is -0.121. The van der Waals surface area contributed by atoms with Crippen molar-refractivity contribution in [2.24, 2.45) is 0 Å². The average molecular weight is 423 g/mol. The zero-order valence-corrected chi connectivity index (χ0v) is 17.5. The van der Waals surface area contributed by atoms with Crippen molar-refractivity contribution in [3.63, 3.8) is 0 Å². The van der Waals surface area contributed by atoms with Crippen LogP contribution in [0.5, 0.6) is 11.5 Å². The zero-order chi connectivity index (χ0) is 21.1. The molecule has 0 saturated heterocycles. The molecule has 3 aromatic rings. The maximum absolute atomic E-state index is 12.4. The van der Waals surface area contributed by atoms with Gasteiger partial charge in [0.25, 0.3) is 5.91 Å². The van der Waals surface area contributed by atoms with Crippen LogP contribution in [0, 0.1) is 13.8 Å². The van der Waals surface area contributed by atoms with Crippen molar-refractivity contribution < 1.29 is 19.1 Å². The number of hydrogen-bond acceptors (Lipinski definition) is 6. The van der Waals surface area contributed by atoms with E-state index in [-0.39, 0.29) is 12.3 Å². The second-order valence-electron chi connectivity index (χ2n) is 6.91. The molecule has 2 aromatic carbocycles. The number of aromatic nitrogens is 1. The molecule has 8 heteroatoms. The van der Waals surface area contributed by atoms with Crippen molar-refractivity contribution in [1.82, 2.24) is 15.8 Å². The fourth-order valence-corrected chi connectivity index (χ4v) is 4.06. The number of nitrogens with zero attached hydrogens (tertiary/aromatic N) is 1. The number of amides is 2. The Bertz CT molecular complexity index is 1090. The number of hydrazine groups is 1. The van der Waals surface area contributed by atoms with Gasteiger partial charge in [0.2, 0.25) is 5.91 Å². The first kappa shape index (κ1) is 19.9. The van der Waals surface area contributed by atoms with Crippen LogP contribution in [0.1, 0.15) is 25.8 Å². The van der Waals surface area contributed by atoms with Gasteiger partial charge in [-0.3, -0.25) is 20.4 Å². The summed E-state index contributed by atoms with van der Waals surface area (Å²) in [4.78, 5) is 30.2. The Morgan fingerprint density at radius 3 is 2.50 bits per heavy atom. The lowest BCUT2D eigenvalue weighted by Gasteiger charge is -2.18. The Kier molecular flexibility index (Phi) is 5.67. The van der Waals surface area contributed by atoms with Crippen molar-refractivity contribution >= 4 is 23.2 Å². The van der Waals surface area contributed by atoms with Crippen molar-refractivity contribution in [3.05, 3.63) is 63.5 Å². The van der Waals surface area contributed by atoms with Gasteiger partial charge < -0.3 is 9.47 Å². The highest BCUT2D eigenvalue weighted by Crippen LogP contribution is 2.31. The third kappa shape index (κ3) is 4.44. The molecule has 2 heterocycles. The minimum atomic E-state index is -0.431. The molecule has 0 unspecified atom stereocenters. The second-order valence-corrected chi connectivity index (χ2v) is 8.20. The molecule has 1 aliphatic heterocycles. The van der Waals surface area contributed by atoms with E-state index in [2.05, 4.69) is 15.8 Å². The fourth-order valence-electron chi connectivity index (χ4n) is 3.10. The third-order valence-electron chi connectivity index (χ3n) is 4.57. The summed E-state index contributed by atoms with van der Waals surface area (Å²) >= 11 is 1.47. The van der Waals surface area contributed by atoms with Crippen LogP contribution in [0.15, 0.2) is 42.5 Å². The molecule has 1 aromatic heterocycles. The quantitative estimate of drug-likeness (QED) is 0.629. The van der Waals surface area contributed by atoms with Gasteiger partial charge in [0.15, 0.2) is 11.5 Å². The van der Waals surface area contributed by atoms with Gasteiger partial charge >= 0.3 is 0 Å². The number of fused-ring (bicyclic) bond motifs is 1. The van der Waals surface area contributed by atoms with E-state index in [1.807, 2.05) is 38.1 Å². The minimum Gasteiger partial charge on any atom is -0.486 e. The van der Waals surface area contributed by atoms with E-state index in [0.717, 1.165) is 26.7 Å². The van der Waals surface area contributed by atoms with Gasteiger partial charge in [-0.2, -0.15) is 0 Å². The van der Waals surface area contributed by atoms with Crippen molar-refractivity contribution in [2.45, 2.75) is 20.3 Å². The van der Waals surface area contributed by atoms with Crippen LogP contribution in [-0.2, 0) is 11.2 Å². The van der Waals surface area contributed by atoms with Crippen LogP contribution in [0.3, 0.4) is 0 Å². The molecule has 0 saturated carbocycles. The van der Waals surface area contributed by atoms with E-state index in [4.69, 9.17) is 9.47 Å². The lowest BCUT2D eigenvalue weighted by atomic mass is 10.1. The van der Waals surface area contributed by atoms with Crippen LogP contribution in [-0.4, -0.2) is 30.0 Å². The number of hydrogen-bond donors (Lipinski definition) is 2. The Labute approximate surface area is 178 Å². The first-order valence-corrected chi connectivity index (χ1v) is 10.3. The first-order chi connectivity index (χ1) is 14.5. The highest BCUT2D eigenvalue weighted by atomic mass is 32.1. The molecule has 7 nitrogen and oxygen atoms in total. The molecule has 30 heavy (non-hydrogen) atoms. The number of carbonyl (C=O) groups is 2. The molecule has 2 N–H and O–H groups in total. The third-order valence-corrected chi connectivity index (χ3v) is 5.54. The van der Waals surface area contributed by atoms with Gasteiger partial charge in [-0.05, 0) is 32.0 Å². The maximum atomic E-state index is 12.4. The SMILES string of the molecule is Cc1ccc(-c2nc(C)sc2CC(=O)NNC(=O)c2ccc3c(c2)OCCO3)cc1. The molecule has 4 rings (SSSR count). The first-order valence-electron chi connectivity index (χ1n) is 9.52. The molecule has 0 spiro atoms. The standard InChI is InChI=1S/C22H21N3O4S/c1-13-3-5-15(6-4-13)21-19(30-14(2)23-21)12-20(26)24-25-22(27)16-7-8-17-18(11-16)29-10-9-28-17/h3-8,11H,9-10,12H2,1-2H3,(H,24,26)(H,25,27). The number of nitrogens with one attached hydrogen (secondary N) is 2. The molecular formula is C22H21N3O4S. The smallest absolute Gasteiger partial charge is 0.269 e. The predicted octanol–water partition coefficient (Wildman–Crippen LogP) is 3.20. The molecule has 0 radical (unpaired) electrons. The van der Waals surface area contributed by atoms with Gasteiger partial charge in [-0.1, -0.05) is 29.8 Å². The maximum Gasteiger partial charge on any atom is 0.269 e. The highest BCUT2D eigenvalue weighted by Gasteiger charge is 2.17. The van der Waals surface area contributed by atoms with Gasteiger partial charge in [0, 0.05) is 16.0 Å². The number of thiazole rings is 1. The van der Waals surface area contributed by atoms with Crippen molar-refractivity contribution in [2.75, 3.05) is 13.2 Å². The van der Waals surface area contributed by atoms with Crippen molar-refractivity contribution in [1.29, 1.82) is 0 Å². The summed E-state index contributed by atoms with van der Waals surface area (Å²) < 4.78 is 10.9. The number of ether oxygens (including phenoxy) is 2. The predicted molar refractivity (Wildman–Crippen MR) is 114 cm³/mol. The molecular weight excluding hydrogens is 402 g/mol. The van der Waals surface area contributed by atoms with Gasteiger partial charge in [0.1, 0.15) is 13.2 Å². The fraction of sp³-hybridized carbons (Fsp3) is 0.227. The Morgan fingerprint density at radius 1 is 1.00 bits per heavy atom. The summed E-state index contributed by atoms with van der Waals surface area (Å²) in [6.45, 7) is 4.85. The number of carbonyl (C=O) groups excluding carboxylic acids is 2. The molecule has 0 fully saturated rings. The topological polar surface area (TPSA) is 89.6 Å². The number of aryl methyl sites for hydroxylation is 2. The van der Waals surface area contributed by atoms with E-state index >= 15 is 0 Å². The van der Waals surface area contributed by atoms with Crippen LogP contribution in [0.2, 0.25) is 0 Å². The Balaban J connectivity index is 1.40. The summed E-state index contributed by atoms with van der Waals surface area (Å²) in [5.41, 5.74) is 8.21. The van der Waals surface area contributed by atoms with E-state index in [1.165, 1.54) is 11.3 Å². The van der Waals surface area contributed by atoms with Gasteiger partial charge in [-0.15, -0.1) is 11.3 Å². The minimum absolute atomic E-state index is 0.121. The van der Waals surface area contributed by atoms with Gasteiger partial charge in [-0.25, -0.2) is 4.98 Å². The van der Waals surface area contributed by atoms with E-state index in [0.29, 0.717) is 30.3 Å². The summed E-state index contributed by atoms with van der Waals surface area (Å²) in [5.74, 6) is 0.367. The molecule has 0 aliphatic carbocycles. The van der Waals surface area contributed by atoms with E-state index < -0.39 is 5.91 Å². The van der Waals surface area contributed by atoms with Crippen LogP contribution in [0.25, 0.3) is 11.3 Å². The molecule has 2 amide bonds. The molecule has 154 valence electrons. The van der Waals surface area contributed by atoms with E-state index in [9.17, 15) is 9.59 Å². The summed E-state index contributed by atoms with van der Waals surface area (Å²) in [5, 5.41) is 0.883. The summed E-state index contributed by atoms with van der Waals surface area (Å²) in [7, 11) is 0. The monoisotopic (exact) mass is 423 g/mol. The summed E-state index contributed by atoms with van der Waals surface area (Å²) in [6.07, 6.45) is 0.121. The Hall–Kier alpha value is -3.39. The lowest BCUT2D eigenvalue weighted by Crippen LogP contribution is -2.42. The normalized spacial score (nSPS) is 12.3.